The predicted octanol–water partition coefficient (Wildman–Crippen LogP) is 2.41. The standard InChI is InChI=1S/C16H20N2O3/c17-12-7-14-15(21-3-1-2-20-14)8-13(12)18-16(19)11-5-9-4-10(9)6-11/h7-11H,1-6,17H2,(H,18,19). The lowest BCUT2D eigenvalue weighted by Gasteiger charge is -2.16. The number of rotatable bonds is 2. The van der Waals surface area contributed by atoms with Gasteiger partial charge in [0.25, 0.3) is 0 Å². The van der Waals surface area contributed by atoms with Gasteiger partial charge in [0.15, 0.2) is 11.5 Å². The Morgan fingerprint density at radius 2 is 1.76 bits per heavy atom. The smallest absolute Gasteiger partial charge is 0.227 e. The summed E-state index contributed by atoms with van der Waals surface area (Å²) in [6.07, 6.45) is 4.22. The molecule has 2 aliphatic carbocycles. The van der Waals surface area contributed by atoms with Crippen LogP contribution in [-0.4, -0.2) is 19.1 Å². The van der Waals surface area contributed by atoms with Gasteiger partial charge in [0.05, 0.1) is 24.6 Å². The third-order valence-electron chi connectivity index (χ3n) is 4.79. The van der Waals surface area contributed by atoms with E-state index in [0.717, 1.165) is 31.1 Å². The minimum atomic E-state index is 0.0865. The number of carbonyl (C=O) groups excluding carboxylic acids is 1. The first-order valence-corrected chi connectivity index (χ1v) is 7.70. The molecular weight excluding hydrogens is 268 g/mol. The van der Waals surface area contributed by atoms with E-state index in [4.69, 9.17) is 15.2 Å². The van der Waals surface area contributed by atoms with Crippen LogP contribution in [0, 0.1) is 17.8 Å². The molecule has 21 heavy (non-hydrogen) atoms. The van der Waals surface area contributed by atoms with Gasteiger partial charge in [-0.1, -0.05) is 0 Å². The van der Waals surface area contributed by atoms with Gasteiger partial charge in [-0.25, -0.2) is 0 Å². The van der Waals surface area contributed by atoms with Crippen LogP contribution in [0.3, 0.4) is 0 Å². The van der Waals surface area contributed by atoms with E-state index in [1.807, 2.05) is 0 Å². The molecule has 1 heterocycles. The summed E-state index contributed by atoms with van der Waals surface area (Å²) in [6.45, 7) is 1.25. The molecule has 5 nitrogen and oxygen atoms in total. The maximum absolute atomic E-state index is 12.3. The van der Waals surface area contributed by atoms with Gasteiger partial charge in [-0.2, -0.15) is 0 Å². The Labute approximate surface area is 123 Å². The quantitative estimate of drug-likeness (QED) is 0.820. The number of nitrogen functional groups attached to an aromatic ring is 1. The van der Waals surface area contributed by atoms with E-state index >= 15 is 0 Å². The molecule has 0 bridgehead atoms. The number of amides is 1. The molecule has 0 saturated heterocycles. The van der Waals surface area contributed by atoms with Gasteiger partial charge in [-0.3, -0.25) is 4.79 Å². The summed E-state index contributed by atoms with van der Waals surface area (Å²) in [5.41, 5.74) is 7.18. The van der Waals surface area contributed by atoms with Crippen LogP contribution in [0.15, 0.2) is 12.1 Å². The molecule has 0 aromatic heterocycles. The molecule has 0 spiro atoms. The largest absolute Gasteiger partial charge is 0.489 e. The second-order valence-electron chi connectivity index (χ2n) is 6.35. The van der Waals surface area contributed by atoms with Crippen molar-refractivity contribution >= 4 is 17.3 Å². The summed E-state index contributed by atoms with van der Waals surface area (Å²) >= 11 is 0. The first-order chi connectivity index (χ1) is 10.2. The number of anilines is 2. The molecule has 2 unspecified atom stereocenters. The number of carbonyl (C=O) groups is 1. The highest BCUT2D eigenvalue weighted by Gasteiger charge is 2.48. The van der Waals surface area contributed by atoms with Gasteiger partial charge in [-0.05, 0) is 31.1 Å². The van der Waals surface area contributed by atoms with Gasteiger partial charge in [0.2, 0.25) is 5.91 Å². The molecule has 1 amide bonds. The second kappa shape index (κ2) is 4.83. The zero-order valence-electron chi connectivity index (χ0n) is 11.9. The first-order valence-electron chi connectivity index (χ1n) is 7.70. The Hall–Kier alpha value is -1.91. The summed E-state index contributed by atoms with van der Waals surface area (Å²) in [5, 5.41) is 2.96. The fourth-order valence-corrected chi connectivity index (χ4v) is 3.50. The number of benzene rings is 1. The maximum Gasteiger partial charge on any atom is 0.227 e. The normalized spacial score (nSPS) is 29.4. The van der Waals surface area contributed by atoms with Crippen LogP contribution >= 0.6 is 0 Å². The zero-order chi connectivity index (χ0) is 14.4. The van der Waals surface area contributed by atoms with Crippen molar-refractivity contribution < 1.29 is 14.3 Å². The summed E-state index contributed by atoms with van der Waals surface area (Å²) < 4.78 is 11.2. The molecular formula is C16H20N2O3. The molecule has 1 aromatic carbocycles. The van der Waals surface area contributed by atoms with Crippen LogP contribution < -0.4 is 20.5 Å². The number of fused-ring (bicyclic) bond motifs is 2. The van der Waals surface area contributed by atoms with E-state index in [1.165, 1.54) is 6.42 Å². The van der Waals surface area contributed by atoms with E-state index in [-0.39, 0.29) is 11.8 Å². The predicted molar refractivity (Wildman–Crippen MR) is 79.4 cm³/mol. The van der Waals surface area contributed by atoms with Crippen molar-refractivity contribution in [3.8, 4) is 11.5 Å². The number of nitrogens with two attached hydrogens (primary N) is 1. The van der Waals surface area contributed by atoms with E-state index in [9.17, 15) is 4.79 Å². The molecule has 1 aliphatic heterocycles. The third kappa shape index (κ3) is 2.41. The van der Waals surface area contributed by atoms with Crippen molar-refractivity contribution in [3.63, 3.8) is 0 Å². The fourth-order valence-electron chi connectivity index (χ4n) is 3.50. The highest BCUT2D eigenvalue weighted by atomic mass is 16.5. The molecule has 2 saturated carbocycles. The number of hydrogen-bond donors (Lipinski definition) is 2. The highest BCUT2D eigenvalue weighted by molar-refractivity contribution is 5.96. The molecule has 3 N–H and O–H groups in total. The van der Waals surface area contributed by atoms with Crippen LogP contribution in [0.2, 0.25) is 0 Å². The molecule has 0 radical (unpaired) electrons. The fraction of sp³-hybridized carbons (Fsp3) is 0.562. The Morgan fingerprint density at radius 3 is 2.48 bits per heavy atom. The summed E-state index contributed by atoms with van der Waals surface area (Å²) in [5.74, 6) is 3.13. The lowest BCUT2D eigenvalue weighted by molar-refractivity contribution is -0.120. The van der Waals surface area contributed by atoms with Crippen LogP contribution in [-0.2, 0) is 4.79 Å². The Morgan fingerprint density at radius 1 is 1.10 bits per heavy atom. The Bertz CT molecular complexity index is 577. The number of hydrogen-bond acceptors (Lipinski definition) is 4. The van der Waals surface area contributed by atoms with Crippen molar-refractivity contribution in [2.45, 2.75) is 25.7 Å². The third-order valence-corrected chi connectivity index (χ3v) is 4.79. The van der Waals surface area contributed by atoms with Crippen molar-refractivity contribution in [2.24, 2.45) is 17.8 Å². The van der Waals surface area contributed by atoms with Crippen molar-refractivity contribution in [1.29, 1.82) is 0 Å². The van der Waals surface area contributed by atoms with E-state index in [1.54, 1.807) is 12.1 Å². The zero-order valence-corrected chi connectivity index (χ0v) is 11.9. The van der Waals surface area contributed by atoms with E-state index in [0.29, 0.717) is 36.1 Å². The Balaban J connectivity index is 1.51. The molecule has 112 valence electrons. The average Bonchev–Trinajstić information content (AvgIpc) is 3.15. The van der Waals surface area contributed by atoms with E-state index in [2.05, 4.69) is 5.32 Å². The van der Waals surface area contributed by atoms with Gasteiger partial charge < -0.3 is 20.5 Å². The molecule has 1 aromatic rings. The van der Waals surface area contributed by atoms with Crippen molar-refractivity contribution in [1.82, 2.24) is 0 Å². The maximum atomic E-state index is 12.3. The molecule has 2 atom stereocenters. The number of nitrogens with one attached hydrogen (secondary N) is 1. The highest BCUT2D eigenvalue weighted by Crippen LogP contribution is 2.54. The minimum absolute atomic E-state index is 0.0865. The lowest BCUT2D eigenvalue weighted by Crippen LogP contribution is -2.22. The molecule has 2 fully saturated rings. The van der Waals surface area contributed by atoms with Crippen molar-refractivity contribution in [3.05, 3.63) is 12.1 Å². The summed E-state index contributed by atoms with van der Waals surface area (Å²) in [4.78, 5) is 12.3. The van der Waals surface area contributed by atoms with Gasteiger partial charge in [-0.15, -0.1) is 0 Å². The van der Waals surface area contributed by atoms with Crippen molar-refractivity contribution in [2.75, 3.05) is 24.3 Å². The topological polar surface area (TPSA) is 73.6 Å². The minimum Gasteiger partial charge on any atom is -0.489 e. The second-order valence-corrected chi connectivity index (χ2v) is 6.35. The SMILES string of the molecule is Nc1cc2c(cc1NC(=O)C1CC3CC3C1)OCCCO2. The summed E-state index contributed by atoms with van der Waals surface area (Å²) in [7, 11) is 0. The molecule has 5 heteroatoms. The average molecular weight is 288 g/mol. The van der Waals surface area contributed by atoms with Crippen LogP contribution in [0.4, 0.5) is 11.4 Å². The summed E-state index contributed by atoms with van der Waals surface area (Å²) in [6, 6.07) is 3.52. The lowest BCUT2D eigenvalue weighted by atomic mass is 10.0. The Kier molecular flexibility index (Phi) is 2.94. The molecule has 4 rings (SSSR count). The van der Waals surface area contributed by atoms with Gasteiger partial charge in [0, 0.05) is 24.5 Å². The van der Waals surface area contributed by atoms with Crippen LogP contribution in [0.5, 0.6) is 11.5 Å². The van der Waals surface area contributed by atoms with Gasteiger partial charge in [0.1, 0.15) is 0 Å². The van der Waals surface area contributed by atoms with E-state index < -0.39 is 0 Å². The van der Waals surface area contributed by atoms with Crippen LogP contribution in [0.1, 0.15) is 25.7 Å². The first kappa shape index (κ1) is 12.8. The van der Waals surface area contributed by atoms with Crippen LogP contribution in [0.25, 0.3) is 0 Å². The van der Waals surface area contributed by atoms with Gasteiger partial charge >= 0.3 is 0 Å². The molecule has 3 aliphatic rings. The number of ether oxygens (including phenoxy) is 2. The monoisotopic (exact) mass is 288 g/mol.